The summed E-state index contributed by atoms with van der Waals surface area (Å²) in [7, 11) is 0. The van der Waals surface area contributed by atoms with Gasteiger partial charge in [0.25, 0.3) is 0 Å². The van der Waals surface area contributed by atoms with E-state index in [4.69, 9.17) is 9.47 Å². The van der Waals surface area contributed by atoms with Gasteiger partial charge in [-0.2, -0.15) is 8.78 Å². The van der Waals surface area contributed by atoms with E-state index in [1.165, 1.54) is 13.8 Å². The molecule has 0 aliphatic heterocycles. The topological polar surface area (TPSA) is 18.5 Å². The average molecular weight is 331 g/mol. The van der Waals surface area contributed by atoms with Gasteiger partial charge >= 0.3 is 5.92 Å². The van der Waals surface area contributed by atoms with Crippen molar-refractivity contribution in [3.8, 4) is 0 Å². The molecule has 0 rings (SSSR count). The number of allylic oxidation sites excluding steroid dienone is 1. The molecule has 1 unspecified atom stereocenters. The third-order valence-electron chi connectivity index (χ3n) is 2.08. The van der Waals surface area contributed by atoms with Gasteiger partial charge in [-0.05, 0) is 26.3 Å². The molecule has 0 aliphatic carbocycles. The second-order valence-corrected chi connectivity index (χ2v) is 4.42. The van der Waals surface area contributed by atoms with E-state index in [-0.39, 0.29) is 10.9 Å². The molecule has 106 valence electrons. The molecule has 0 N–H and O–H groups in total. The van der Waals surface area contributed by atoms with Crippen molar-refractivity contribution in [3.63, 3.8) is 0 Å². The summed E-state index contributed by atoms with van der Waals surface area (Å²) in [4.78, 5) is 0. The van der Waals surface area contributed by atoms with Gasteiger partial charge in [0, 0.05) is 6.61 Å². The summed E-state index contributed by atoms with van der Waals surface area (Å²) in [6.07, 6.45) is -1.78. The summed E-state index contributed by atoms with van der Waals surface area (Å²) in [5.74, 6) is -5.25. The van der Waals surface area contributed by atoms with Gasteiger partial charge in [0.15, 0.2) is 12.1 Å². The van der Waals surface area contributed by atoms with Gasteiger partial charge in [0.05, 0.1) is 5.33 Å². The van der Waals surface area contributed by atoms with Crippen LogP contribution in [-0.2, 0) is 9.47 Å². The van der Waals surface area contributed by atoms with Crippen LogP contribution in [0.1, 0.15) is 20.8 Å². The van der Waals surface area contributed by atoms with Crippen LogP contribution in [0, 0.1) is 0 Å². The minimum atomic E-state index is -3.75. The molecule has 0 amide bonds. The Morgan fingerprint density at radius 2 is 2.00 bits per heavy atom. The van der Waals surface area contributed by atoms with Crippen molar-refractivity contribution in [2.24, 2.45) is 0 Å². The number of ether oxygens (including phenoxy) is 2. The van der Waals surface area contributed by atoms with E-state index >= 15 is 0 Å². The Morgan fingerprint density at radius 3 is 2.33 bits per heavy atom. The fourth-order valence-corrected chi connectivity index (χ4v) is 1.56. The van der Waals surface area contributed by atoms with Gasteiger partial charge in [0.1, 0.15) is 6.10 Å². The first-order valence-corrected chi connectivity index (χ1v) is 6.60. The van der Waals surface area contributed by atoms with Gasteiger partial charge in [0.2, 0.25) is 0 Å². The zero-order valence-electron chi connectivity index (χ0n) is 10.7. The molecule has 0 spiro atoms. The van der Waals surface area contributed by atoms with Gasteiger partial charge < -0.3 is 9.47 Å². The van der Waals surface area contributed by atoms with Gasteiger partial charge in [-0.25, -0.2) is 4.39 Å². The highest BCUT2D eigenvalue weighted by Crippen LogP contribution is 2.34. The molecule has 0 heterocycles. The zero-order valence-corrected chi connectivity index (χ0v) is 12.3. The van der Waals surface area contributed by atoms with Crippen molar-refractivity contribution in [2.45, 2.75) is 39.1 Å². The number of alkyl halides is 3. The zero-order chi connectivity index (χ0) is 14.3. The largest absolute Gasteiger partial charge is 0.352 e. The van der Waals surface area contributed by atoms with Crippen LogP contribution >= 0.6 is 15.9 Å². The third kappa shape index (κ3) is 4.74. The molecule has 0 aliphatic rings. The maximum Gasteiger partial charge on any atom is 0.327 e. The van der Waals surface area contributed by atoms with E-state index in [0.29, 0.717) is 6.61 Å². The van der Waals surface area contributed by atoms with Crippen LogP contribution in [0.2, 0.25) is 0 Å². The Hall–Kier alpha value is -0.330. The van der Waals surface area contributed by atoms with Crippen molar-refractivity contribution in [1.29, 1.82) is 0 Å². The summed E-state index contributed by atoms with van der Waals surface area (Å²) in [5.41, 5.74) is -0.0951. The fraction of sp³-hybridized carbons (Fsp3) is 0.667. The van der Waals surface area contributed by atoms with Crippen LogP contribution in [-0.4, -0.2) is 30.3 Å². The highest BCUT2D eigenvalue weighted by atomic mass is 79.9. The third-order valence-corrected chi connectivity index (χ3v) is 2.61. The first-order chi connectivity index (χ1) is 8.31. The molecule has 0 bridgehead atoms. The normalized spacial score (nSPS) is 15.1. The van der Waals surface area contributed by atoms with Crippen LogP contribution in [0.4, 0.5) is 13.2 Å². The molecule has 0 aromatic rings. The van der Waals surface area contributed by atoms with Crippen molar-refractivity contribution >= 4 is 15.9 Å². The quantitative estimate of drug-likeness (QED) is 0.377. The van der Waals surface area contributed by atoms with Gasteiger partial charge in [-0.3, -0.25) is 0 Å². The molecule has 6 heteroatoms. The van der Waals surface area contributed by atoms with E-state index in [9.17, 15) is 13.2 Å². The standard InChI is InChI=1S/C12H18BrF3O2/c1-5-9(18-10(7-13)17-6-2)12(15,16)11(14)8(3)4/h5,9-10H,1,6-7H2,2-4H3/t9-,10?/m0/s1. The van der Waals surface area contributed by atoms with Crippen LogP contribution < -0.4 is 0 Å². The second-order valence-electron chi connectivity index (χ2n) is 3.77. The van der Waals surface area contributed by atoms with Crippen molar-refractivity contribution in [3.05, 3.63) is 24.1 Å². The smallest absolute Gasteiger partial charge is 0.327 e. The Morgan fingerprint density at radius 1 is 1.44 bits per heavy atom. The molecular weight excluding hydrogens is 313 g/mol. The lowest BCUT2D eigenvalue weighted by Gasteiger charge is -2.27. The Kier molecular flexibility index (Phi) is 7.82. The predicted octanol–water partition coefficient (Wildman–Crippen LogP) is 4.21. The predicted molar refractivity (Wildman–Crippen MR) is 68.7 cm³/mol. The summed E-state index contributed by atoms with van der Waals surface area (Å²) >= 11 is 3.07. The molecule has 0 fully saturated rings. The SMILES string of the molecule is C=C[C@H](OC(CBr)OCC)C(F)(F)C(F)=C(C)C. The summed E-state index contributed by atoms with van der Waals surface area (Å²) in [6, 6.07) is 0. The van der Waals surface area contributed by atoms with Crippen molar-refractivity contribution in [2.75, 3.05) is 11.9 Å². The van der Waals surface area contributed by atoms with Crippen LogP contribution in [0.5, 0.6) is 0 Å². The number of hydrogen-bond acceptors (Lipinski definition) is 2. The van der Waals surface area contributed by atoms with Crippen molar-refractivity contribution < 1.29 is 22.6 Å². The van der Waals surface area contributed by atoms with Crippen LogP contribution in [0.15, 0.2) is 24.1 Å². The molecule has 0 radical (unpaired) electrons. The number of rotatable bonds is 8. The lowest BCUT2D eigenvalue weighted by molar-refractivity contribution is -0.196. The monoisotopic (exact) mass is 330 g/mol. The van der Waals surface area contributed by atoms with Crippen molar-refractivity contribution in [1.82, 2.24) is 0 Å². The molecule has 2 atom stereocenters. The molecule has 0 saturated heterocycles. The second kappa shape index (κ2) is 7.96. The molecule has 0 aromatic carbocycles. The highest BCUT2D eigenvalue weighted by molar-refractivity contribution is 9.09. The van der Waals surface area contributed by atoms with E-state index in [0.717, 1.165) is 6.08 Å². The fourth-order valence-electron chi connectivity index (χ4n) is 1.22. The van der Waals surface area contributed by atoms with Gasteiger partial charge in [-0.1, -0.05) is 22.0 Å². The van der Waals surface area contributed by atoms with E-state index in [1.807, 2.05) is 0 Å². The lowest BCUT2D eigenvalue weighted by Crippen LogP contribution is -2.39. The van der Waals surface area contributed by atoms with E-state index < -0.39 is 24.1 Å². The highest BCUT2D eigenvalue weighted by Gasteiger charge is 2.45. The molecule has 18 heavy (non-hydrogen) atoms. The maximum absolute atomic E-state index is 13.8. The Bertz CT molecular complexity index is 302. The summed E-state index contributed by atoms with van der Waals surface area (Å²) in [5, 5.41) is 0.206. The summed E-state index contributed by atoms with van der Waals surface area (Å²) in [6.45, 7) is 7.80. The number of hydrogen-bond donors (Lipinski definition) is 0. The first kappa shape index (κ1) is 17.7. The molecular formula is C12H18BrF3O2. The Balaban J connectivity index is 4.97. The molecule has 0 aromatic heterocycles. The van der Waals surface area contributed by atoms with Crippen LogP contribution in [0.3, 0.4) is 0 Å². The van der Waals surface area contributed by atoms with Crippen LogP contribution in [0.25, 0.3) is 0 Å². The summed E-state index contributed by atoms with van der Waals surface area (Å²) < 4.78 is 51.1. The Labute approximate surface area is 114 Å². The average Bonchev–Trinajstić information content (AvgIpc) is 2.32. The number of halogens is 4. The van der Waals surface area contributed by atoms with E-state index in [2.05, 4.69) is 22.5 Å². The first-order valence-electron chi connectivity index (χ1n) is 5.48. The van der Waals surface area contributed by atoms with Gasteiger partial charge in [-0.15, -0.1) is 6.58 Å². The molecule has 0 saturated carbocycles. The lowest BCUT2D eigenvalue weighted by atomic mass is 10.1. The minimum Gasteiger partial charge on any atom is -0.352 e. The minimum absolute atomic E-state index is 0.0951. The maximum atomic E-state index is 13.8. The molecule has 2 nitrogen and oxygen atoms in total. The van der Waals surface area contributed by atoms with E-state index in [1.54, 1.807) is 6.92 Å².